The van der Waals surface area contributed by atoms with Crippen LogP contribution in [0.2, 0.25) is 0 Å². The van der Waals surface area contributed by atoms with E-state index in [0.717, 1.165) is 7.48 Å². The second kappa shape index (κ2) is 5.38. The molecule has 18 heavy (non-hydrogen) atoms. The number of phenolic OH excluding ortho intramolecular Hbond substituents is 1. The van der Waals surface area contributed by atoms with Gasteiger partial charge in [-0.15, -0.1) is 0 Å². The number of amides is 1. The van der Waals surface area contributed by atoms with Crippen LogP contribution in [0.1, 0.15) is 10.4 Å². The maximum absolute atomic E-state index is 11.8. The smallest absolute Gasteiger partial charge is 0.326 e. The van der Waals surface area contributed by atoms with Crippen LogP contribution in [0.25, 0.3) is 0 Å². The van der Waals surface area contributed by atoms with Crippen molar-refractivity contribution in [3.63, 3.8) is 0 Å². The fourth-order valence-corrected chi connectivity index (χ4v) is 1.47. The first-order chi connectivity index (χ1) is 8.69. The third kappa shape index (κ3) is 2.90. The highest BCUT2D eigenvalue weighted by Crippen LogP contribution is 2.12. The van der Waals surface area contributed by atoms with E-state index in [1.165, 1.54) is 12.1 Å². The van der Waals surface area contributed by atoms with Gasteiger partial charge in [0.25, 0.3) is 5.91 Å². The van der Waals surface area contributed by atoms with Gasteiger partial charge < -0.3 is 15.4 Å². The number of hydrogen-bond donors (Lipinski definition) is 3. The van der Waals surface area contributed by atoms with Crippen LogP contribution in [-0.4, -0.2) is 23.5 Å². The van der Waals surface area contributed by atoms with Crippen LogP contribution in [-0.2, 0) is 0 Å². The summed E-state index contributed by atoms with van der Waals surface area (Å²) in [5.41, 5.74) is 1.77. The molecule has 0 fully saturated rings. The van der Waals surface area contributed by atoms with Gasteiger partial charge in [-0.25, -0.2) is 0 Å². The van der Waals surface area contributed by atoms with E-state index in [-0.39, 0.29) is 11.7 Å². The van der Waals surface area contributed by atoms with Crippen LogP contribution in [0.4, 0.5) is 5.69 Å². The van der Waals surface area contributed by atoms with Crippen LogP contribution in [0.5, 0.6) is 5.75 Å². The Morgan fingerprint density at radius 3 is 2.17 bits per heavy atom. The highest BCUT2D eigenvalue weighted by atomic mass is 16.3. The Balaban J connectivity index is 2.08. The average Bonchev–Trinajstić information content (AvgIpc) is 2.40. The molecule has 4 nitrogen and oxygen atoms in total. The Morgan fingerprint density at radius 2 is 1.61 bits per heavy atom. The zero-order valence-corrected chi connectivity index (χ0v) is 9.50. The summed E-state index contributed by atoms with van der Waals surface area (Å²) in [5, 5.41) is 20.6. The summed E-state index contributed by atoms with van der Waals surface area (Å²) < 4.78 is 0. The van der Waals surface area contributed by atoms with E-state index in [1.807, 2.05) is 0 Å². The van der Waals surface area contributed by atoms with E-state index in [0.29, 0.717) is 16.7 Å². The fraction of sp³-hybridized carbons (Fsp3) is 0. The molecular weight excluding hydrogens is 229 g/mol. The van der Waals surface area contributed by atoms with Crippen molar-refractivity contribution < 1.29 is 14.9 Å². The predicted octanol–water partition coefficient (Wildman–Crippen LogP) is 0.881. The zero-order valence-electron chi connectivity index (χ0n) is 9.50. The summed E-state index contributed by atoms with van der Waals surface area (Å²) in [6, 6.07) is 12.8. The molecule has 0 bridgehead atoms. The third-order valence-corrected chi connectivity index (χ3v) is 2.45. The third-order valence-electron chi connectivity index (χ3n) is 2.45. The van der Waals surface area contributed by atoms with Gasteiger partial charge in [0, 0.05) is 11.3 Å². The van der Waals surface area contributed by atoms with Crippen LogP contribution in [0, 0.1) is 0 Å². The second-order valence-electron chi connectivity index (χ2n) is 3.75. The van der Waals surface area contributed by atoms with Gasteiger partial charge >= 0.3 is 7.48 Å². The molecule has 2 rings (SSSR count). The summed E-state index contributed by atoms with van der Waals surface area (Å²) in [6.45, 7) is 0. The van der Waals surface area contributed by atoms with Gasteiger partial charge in [-0.2, -0.15) is 0 Å². The quantitative estimate of drug-likeness (QED) is 0.697. The monoisotopic (exact) mass is 240 g/mol. The minimum atomic E-state index is -0.254. The number of nitrogens with one attached hydrogen (secondary N) is 1. The number of carbonyl (C=O) groups excluding carboxylic acids is 1. The van der Waals surface area contributed by atoms with Crippen LogP contribution >= 0.6 is 0 Å². The lowest BCUT2D eigenvalue weighted by Crippen LogP contribution is -2.15. The molecule has 0 aliphatic carbocycles. The van der Waals surface area contributed by atoms with Crippen molar-refractivity contribution in [1.29, 1.82) is 0 Å². The number of anilines is 1. The largest absolute Gasteiger partial charge is 0.508 e. The molecule has 2 aromatic rings. The number of hydrogen-bond acceptors (Lipinski definition) is 3. The van der Waals surface area contributed by atoms with E-state index in [2.05, 4.69) is 5.32 Å². The molecule has 89 valence electrons. The topological polar surface area (TPSA) is 69.6 Å². The normalized spacial score (nSPS) is 9.83. The van der Waals surface area contributed by atoms with Gasteiger partial charge in [0.1, 0.15) is 5.75 Å². The lowest BCUT2D eigenvalue weighted by molar-refractivity contribution is 0.102. The van der Waals surface area contributed by atoms with Gasteiger partial charge in [-0.1, -0.05) is 17.6 Å². The van der Waals surface area contributed by atoms with E-state index >= 15 is 0 Å². The first kappa shape index (κ1) is 12.2. The second-order valence-corrected chi connectivity index (χ2v) is 3.75. The number of benzene rings is 2. The Bertz CT molecular complexity index is 537. The summed E-state index contributed by atoms with van der Waals surface area (Å²) in [4.78, 5) is 11.8. The highest BCUT2D eigenvalue weighted by Gasteiger charge is 2.05. The van der Waals surface area contributed by atoms with Crippen molar-refractivity contribution in [3.8, 4) is 5.75 Å². The minimum Gasteiger partial charge on any atom is -0.508 e. The summed E-state index contributed by atoms with van der Waals surface area (Å²) >= 11 is 0. The first-order valence-corrected chi connectivity index (χ1v) is 5.37. The Morgan fingerprint density at radius 1 is 1.00 bits per heavy atom. The van der Waals surface area contributed by atoms with Crippen LogP contribution in [0.15, 0.2) is 48.5 Å². The minimum absolute atomic E-state index is 0.120. The zero-order chi connectivity index (χ0) is 13.0. The van der Waals surface area contributed by atoms with Gasteiger partial charge in [0.05, 0.1) is 0 Å². The fourth-order valence-electron chi connectivity index (χ4n) is 1.47. The van der Waals surface area contributed by atoms with E-state index in [4.69, 9.17) is 10.1 Å². The molecule has 0 aromatic heterocycles. The molecule has 1 amide bonds. The highest BCUT2D eigenvalue weighted by molar-refractivity contribution is 6.45. The molecule has 2 aromatic carbocycles. The molecule has 0 unspecified atom stereocenters. The maximum atomic E-state index is 11.8. The average molecular weight is 240 g/mol. The molecule has 0 aliphatic heterocycles. The van der Waals surface area contributed by atoms with Crippen molar-refractivity contribution in [1.82, 2.24) is 0 Å². The number of rotatable bonds is 3. The van der Waals surface area contributed by atoms with E-state index < -0.39 is 0 Å². The molecular formula is C13H11BNO3. The molecule has 5 heteroatoms. The molecule has 0 heterocycles. The molecule has 1 radical (unpaired) electrons. The molecule has 0 saturated carbocycles. The molecule has 0 saturated heterocycles. The lowest BCUT2D eigenvalue weighted by Gasteiger charge is -2.05. The number of aromatic hydroxyl groups is 1. The Hall–Kier alpha value is -2.27. The maximum Gasteiger partial charge on any atom is 0.326 e. The van der Waals surface area contributed by atoms with Crippen molar-refractivity contribution in [3.05, 3.63) is 54.1 Å². The Labute approximate surface area is 105 Å². The number of carbonyl (C=O) groups is 1. The SMILES string of the molecule is O=C(Nc1ccc([B]O)cc1)c1ccc(O)cc1. The molecule has 0 aliphatic rings. The number of phenols is 1. The van der Waals surface area contributed by atoms with Crippen molar-refractivity contribution >= 4 is 24.5 Å². The summed E-state index contributed by atoms with van der Waals surface area (Å²) in [6.07, 6.45) is 0. The van der Waals surface area contributed by atoms with Gasteiger partial charge in [0.15, 0.2) is 0 Å². The Kier molecular flexibility index (Phi) is 3.64. The van der Waals surface area contributed by atoms with Crippen molar-refractivity contribution in [2.24, 2.45) is 0 Å². The van der Waals surface area contributed by atoms with Crippen LogP contribution in [0.3, 0.4) is 0 Å². The van der Waals surface area contributed by atoms with E-state index in [9.17, 15) is 4.79 Å². The summed E-state index contributed by atoms with van der Waals surface area (Å²) in [7, 11) is 0.992. The molecule has 3 N–H and O–H groups in total. The molecule has 0 atom stereocenters. The predicted molar refractivity (Wildman–Crippen MR) is 70.1 cm³/mol. The first-order valence-electron chi connectivity index (χ1n) is 5.37. The lowest BCUT2D eigenvalue weighted by atomic mass is 9.89. The van der Waals surface area contributed by atoms with Gasteiger partial charge in [0.2, 0.25) is 0 Å². The van der Waals surface area contributed by atoms with Crippen molar-refractivity contribution in [2.75, 3.05) is 5.32 Å². The van der Waals surface area contributed by atoms with Crippen molar-refractivity contribution in [2.45, 2.75) is 0 Å². The molecule has 0 spiro atoms. The summed E-state index contributed by atoms with van der Waals surface area (Å²) in [5.74, 6) is -0.134. The standard InChI is InChI=1S/C13H11BNO3/c16-12-7-1-9(2-8-12)13(17)15-11-5-3-10(14-18)4-6-11/h1-8,16,18H,(H,15,17). The van der Waals surface area contributed by atoms with E-state index in [1.54, 1.807) is 36.4 Å². The van der Waals surface area contributed by atoms with Gasteiger partial charge in [-0.3, -0.25) is 4.79 Å². The van der Waals surface area contributed by atoms with Crippen LogP contribution < -0.4 is 10.8 Å². The van der Waals surface area contributed by atoms with Gasteiger partial charge in [-0.05, 0) is 36.4 Å².